The highest BCUT2D eigenvalue weighted by molar-refractivity contribution is 6.33. The fraction of sp³-hybridized carbons (Fsp3) is 0.379. The van der Waals surface area contributed by atoms with E-state index in [4.69, 9.17) is 52.0 Å². The summed E-state index contributed by atoms with van der Waals surface area (Å²) in [6, 6.07) is 21.8. The van der Waals surface area contributed by atoms with Crippen LogP contribution in [0, 0.1) is 11.8 Å². The number of fused-ring (bicyclic) bond motifs is 3. The zero-order valence-corrected chi connectivity index (χ0v) is 49.0. The van der Waals surface area contributed by atoms with Crippen LogP contribution in [0.25, 0.3) is 50.3 Å². The molecule has 6 aromatic heterocycles. The lowest BCUT2D eigenvalue weighted by Crippen LogP contribution is -2.37. The van der Waals surface area contributed by atoms with Crippen molar-refractivity contribution >= 4 is 69.2 Å². The molecule has 18 nitrogen and oxygen atoms in total. The summed E-state index contributed by atoms with van der Waals surface area (Å²) in [5.41, 5.74) is 20.5. The standard InChI is InChI=1S/C22H26F3N5O2.C13H6Cl2F3N3O.C13H8ClF3N4O.C9H19NO.CH4/c1-21(2,31)14-6-8-15(9-7-14)28-19-11-18(26)30-20(29-19)17(12-27-30)13-4-3-5-16(10-13)32-22(23,24)25;14-10-5-11(15)21-12(20-10)9(6-19-21)7-2-1-3-8(4-7)22-13(16,17)18;14-10-5-11(18)21-12(20-10)9(6-19-21)7-2-1-3-8(4-7)22-13(15,16)17;1-9(2,11)7-3-5-8(10)6-4-7;/h3-5,10-12,14-15,31H,6-9,26H2,1-2H3,(H,28,29);1-6H;1-6H,18H2;7-8,11H,3-6,10H2,1-2H3;1H4. The molecule has 11 rings (SSSR count). The first-order valence-electron chi connectivity index (χ1n) is 26.9. The average Bonchev–Trinajstić information content (AvgIpc) is 2.06. The molecule has 30 heteroatoms. The van der Waals surface area contributed by atoms with Gasteiger partial charge in [0.1, 0.15) is 50.2 Å². The number of ether oxygens (including phenoxy) is 3. The maximum Gasteiger partial charge on any atom is 0.573 e. The lowest BCUT2D eigenvalue weighted by molar-refractivity contribution is -0.275. The van der Waals surface area contributed by atoms with E-state index in [0.717, 1.165) is 51.4 Å². The third-order valence-electron chi connectivity index (χ3n) is 14.3. The molecule has 88 heavy (non-hydrogen) atoms. The molecule has 2 fully saturated rings. The van der Waals surface area contributed by atoms with Crippen molar-refractivity contribution in [2.24, 2.45) is 17.6 Å². The Labute approximate surface area is 513 Å². The van der Waals surface area contributed by atoms with Gasteiger partial charge in [0.2, 0.25) is 0 Å². The molecule has 0 radical (unpaired) electrons. The molecule has 2 aliphatic rings. The summed E-state index contributed by atoms with van der Waals surface area (Å²) in [4.78, 5) is 12.8. The van der Waals surface area contributed by atoms with E-state index >= 15 is 0 Å². The van der Waals surface area contributed by atoms with Gasteiger partial charge in [-0.05, 0) is 144 Å². The Hall–Kier alpha value is -7.56. The Morgan fingerprint density at radius 2 is 0.852 bits per heavy atom. The van der Waals surface area contributed by atoms with Gasteiger partial charge in [-0.25, -0.2) is 19.5 Å². The van der Waals surface area contributed by atoms with E-state index in [1.807, 2.05) is 27.7 Å². The van der Waals surface area contributed by atoms with Crippen LogP contribution in [-0.4, -0.2) is 96.4 Å². The zero-order chi connectivity index (χ0) is 63.4. The monoisotopic (exact) mass is 1300 g/mol. The molecule has 0 aliphatic heterocycles. The average molecular weight is 1300 g/mol. The molecule has 3 aromatic carbocycles. The van der Waals surface area contributed by atoms with Gasteiger partial charge in [0.05, 0.1) is 29.8 Å². The number of aromatic nitrogens is 9. The Balaban J connectivity index is 0.000000176. The first kappa shape index (κ1) is 67.9. The van der Waals surface area contributed by atoms with Crippen LogP contribution < -0.4 is 36.7 Å². The van der Waals surface area contributed by atoms with Crippen molar-refractivity contribution in [2.45, 2.75) is 129 Å². The zero-order valence-electron chi connectivity index (χ0n) is 46.8. The number of hydrogen-bond donors (Lipinski definition) is 6. The number of nitrogens with two attached hydrogens (primary N) is 3. The molecule has 9 N–H and O–H groups in total. The van der Waals surface area contributed by atoms with E-state index in [1.54, 1.807) is 24.3 Å². The first-order chi connectivity index (χ1) is 40.7. The molecule has 2 aliphatic carbocycles. The molecular formula is C58H63Cl3F9N13O5. The van der Waals surface area contributed by atoms with Crippen LogP contribution in [0.5, 0.6) is 17.2 Å². The molecule has 0 atom stereocenters. The number of rotatable bonds is 10. The van der Waals surface area contributed by atoms with Gasteiger partial charge in [0.15, 0.2) is 16.9 Å². The molecule has 0 amide bonds. The number of nitrogens with zero attached hydrogens (tertiary/aromatic N) is 9. The molecule has 0 spiro atoms. The number of benzene rings is 3. The van der Waals surface area contributed by atoms with Crippen molar-refractivity contribution in [2.75, 3.05) is 16.8 Å². The van der Waals surface area contributed by atoms with E-state index in [9.17, 15) is 49.7 Å². The number of nitrogens with one attached hydrogen (secondary N) is 1. The Kier molecular flexibility index (Phi) is 21.2. The van der Waals surface area contributed by atoms with Crippen LogP contribution in [-0.2, 0) is 0 Å². The van der Waals surface area contributed by atoms with Crippen molar-refractivity contribution in [3.05, 3.63) is 125 Å². The van der Waals surface area contributed by atoms with E-state index < -0.39 is 30.3 Å². The van der Waals surface area contributed by atoms with Crippen molar-refractivity contribution in [1.82, 2.24) is 43.8 Å². The van der Waals surface area contributed by atoms with E-state index in [-0.39, 0.29) is 57.9 Å². The van der Waals surface area contributed by atoms with Gasteiger partial charge in [-0.15, -0.1) is 39.5 Å². The van der Waals surface area contributed by atoms with Gasteiger partial charge in [-0.2, -0.15) is 24.3 Å². The highest BCUT2D eigenvalue weighted by Crippen LogP contribution is 2.38. The number of alkyl halides is 9. The fourth-order valence-corrected chi connectivity index (χ4v) is 10.7. The van der Waals surface area contributed by atoms with E-state index in [1.165, 1.54) is 98.9 Å². The third kappa shape index (κ3) is 18.3. The fourth-order valence-electron chi connectivity index (χ4n) is 10.1. The normalized spacial score (nSPS) is 17.4. The predicted octanol–water partition coefficient (Wildman–Crippen LogP) is 14.7. The van der Waals surface area contributed by atoms with E-state index in [2.05, 4.69) is 49.8 Å². The second-order valence-corrected chi connectivity index (χ2v) is 22.9. The summed E-state index contributed by atoms with van der Waals surface area (Å²) in [6.45, 7) is 7.48. The van der Waals surface area contributed by atoms with Gasteiger partial charge >= 0.3 is 19.1 Å². The highest BCUT2D eigenvalue weighted by atomic mass is 35.5. The van der Waals surface area contributed by atoms with Gasteiger partial charge < -0.3 is 46.9 Å². The number of nitrogen functional groups attached to an aromatic ring is 2. The van der Waals surface area contributed by atoms with Crippen molar-refractivity contribution in [3.63, 3.8) is 0 Å². The second kappa shape index (κ2) is 27.4. The summed E-state index contributed by atoms with van der Waals surface area (Å²) in [5.74, 6) is 0.930. The summed E-state index contributed by atoms with van der Waals surface area (Å²) in [7, 11) is 0. The second-order valence-electron chi connectivity index (χ2n) is 21.7. The van der Waals surface area contributed by atoms with Crippen LogP contribution in [0.15, 0.2) is 110 Å². The Morgan fingerprint density at radius 1 is 0.500 bits per heavy atom. The van der Waals surface area contributed by atoms with Gasteiger partial charge in [-0.3, -0.25) is 0 Å². The predicted molar refractivity (Wildman–Crippen MR) is 318 cm³/mol. The number of anilines is 3. The Bertz CT molecular complexity index is 3670. The minimum absolute atomic E-state index is 0. The quantitative estimate of drug-likeness (QED) is 0.0550. The molecule has 0 saturated heterocycles. The third-order valence-corrected chi connectivity index (χ3v) is 15.0. The lowest BCUT2D eigenvalue weighted by atomic mass is 9.77. The first-order valence-corrected chi connectivity index (χ1v) is 28.0. The minimum Gasteiger partial charge on any atom is -0.406 e. The van der Waals surface area contributed by atoms with Gasteiger partial charge in [0, 0.05) is 47.0 Å². The van der Waals surface area contributed by atoms with Crippen LogP contribution in [0.3, 0.4) is 0 Å². The molecule has 9 aromatic rings. The smallest absolute Gasteiger partial charge is 0.406 e. The topological polar surface area (TPSA) is 249 Å². The van der Waals surface area contributed by atoms with Crippen LogP contribution in [0.4, 0.5) is 57.0 Å². The van der Waals surface area contributed by atoms with Crippen molar-refractivity contribution in [1.29, 1.82) is 0 Å². The summed E-state index contributed by atoms with van der Waals surface area (Å²) in [6.07, 6.45) is -1.96. The molecule has 6 heterocycles. The number of hydrogen-bond acceptors (Lipinski definition) is 15. The number of aliphatic hydroxyl groups is 2. The maximum atomic E-state index is 12.6. The molecule has 2 saturated carbocycles. The minimum atomic E-state index is -4.77. The lowest BCUT2D eigenvalue weighted by Gasteiger charge is -2.36. The SMILES string of the molecule is C.CC(C)(O)C1CCC(N)CC1.CC(C)(O)C1CCC(Nc2cc(N)n3ncc(-c4cccc(OC(F)(F)F)c4)c3n2)CC1.FC(F)(F)Oc1cccc(-c2cnn3c(Cl)cc(Cl)nc23)c1.Nc1cc(Cl)nc2c(-c3cccc(OC(F)(F)F)c3)cnn12. The molecule has 0 unspecified atom stereocenters. The van der Waals surface area contributed by atoms with Gasteiger partial charge in [0.25, 0.3) is 0 Å². The van der Waals surface area contributed by atoms with Crippen LogP contribution in [0.1, 0.15) is 86.5 Å². The summed E-state index contributed by atoms with van der Waals surface area (Å²) >= 11 is 17.7. The van der Waals surface area contributed by atoms with Crippen LogP contribution >= 0.6 is 34.8 Å². The van der Waals surface area contributed by atoms with E-state index in [0.29, 0.717) is 73.9 Å². The Morgan fingerprint density at radius 3 is 1.25 bits per heavy atom. The van der Waals surface area contributed by atoms with Crippen molar-refractivity contribution in [3.8, 4) is 50.6 Å². The maximum absolute atomic E-state index is 12.6. The molecular weight excluding hydrogens is 1240 g/mol. The van der Waals surface area contributed by atoms with Gasteiger partial charge in [-0.1, -0.05) is 78.6 Å². The summed E-state index contributed by atoms with van der Waals surface area (Å²) in [5, 5.41) is 36.2. The van der Waals surface area contributed by atoms with Crippen molar-refractivity contribution < 1.29 is 63.9 Å². The highest BCUT2D eigenvalue weighted by Gasteiger charge is 2.35. The number of halogens is 12. The summed E-state index contributed by atoms with van der Waals surface area (Å²) < 4.78 is 127. The van der Waals surface area contributed by atoms with Crippen LogP contribution in [0.2, 0.25) is 15.5 Å². The largest absolute Gasteiger partial charge is 0.573 e. The molecule has 0 bridgehead atoms. The molecule has 474 valence electrons.